The number of nitrogens with zero attached hydrogens (tertiary/aromatic N) is 1. The van der Waals surface area contributed by atoms with Crippen LogP contribution in [0.5, 0.6) is 5.75 Å². The minimum Gasteiger partial charge on any atom is -0.478 e. The lowest BCUT2D eigenvalue weighted by atomic mass is 10.0. The first-order valence-corrected chi connectivity index (χ1v) is 5.14. The Hall–Kier alpha value is -3.07. The predicted molar refractivity (Wildman–Crippen MR) is 64.1 cm³/mol. The number of aromatic carboxylic acids is 2. The molecule has 94 valence electrons. The standard InChI is InChI=1S/C13H7NO5/c14-6-19-11-9-3-2-8(12(15)16)5-7(9)1-4-10(11)13(17)18/h1-5H,(H,15,16)(H,17,18). The minimum absolute atomic E-state index is 0.0680. The zero-order valence-corrected chi connectivity index (χ0v) is 9.45. The molecule has 0 fully saturated rings. The van der Waals surface area contributed by atoms with Crippen LogP contribution in [0.15, 0.2) is 30.3 Å². The molecule has 0 spiro atoms. The van der Waals surface area contributed by atoms with Gasteiger partial charge in [-0.05, 0) is 29.7 Å². The number of fused-ring (bicyclic) bond motifs is 1. The summed E-state index contributed by atoms with van der Waals surface area (Å²) < 4.78 is 4.69. The number of carboxylic acid groups (broad SMARTS) is 2. The van der Waals surface area contributed by atoms with Crippen molar-refractivity contribution in [2.24, 2.45) is 0 Å². The summed E-state index contributed by atoms with van der Waals surface area (Å²) in [5.74, 6) is -2.41. The van der Waals surface area contributed by atoms with Crippen molar-refractivity contribution in [2.45, 2.75) is 0 Å². The number of rotatable bonds is 3. The highest BCUT2D eigenvalue weighted by Gasteiger charge is 2.16. The highest BCUT2D eigenvalue weighted by molar-refractivity contribution is 6.02. The summed E-state index contributed by atoms with van der Waals surface area (Å²) in [7, 11) is 0. The summed E-state index contributed by atoms with van der Waals surface area (Å²) >= 11 is 0. The van der Waals surface area contributed by atoms with Crippen molar-refractivity contribution in [3.05, 3.63) is 41.5 Å². The normalized spacial score (nSPS) is 9.84. The molecule has 19 heavy (non-hydrogen) atoms. The lowest BCUT2D eigenvalue weighted by molar-refractivity contribution is 0.0684. The Morgan fingerprint density at radius 2 is 1.84 bits per heavy atom. The van der Waals surface area contributed by atoms with Gasteiger partial charge in [0.1, 0.15) is 5.56 Å². The molecule has 0 saturated heterocycles. The average molecular weight is 257 g/mol. The molecule has 0 radical (unpaired) electrons. The second-order valence-electron chi connectivity index (χ2n) is 3.68. The first kappa shape index (κ1) is 12.4. The van der Waals surface area contributed by atoms with E-state index in [0.29, 0.717) is 10.8 Å². The van der Waals surface area contributed by atoms with E-state index in [1.807, 2.05) is 0 Å². The monoisotopic (exact) mass is 257 g/mol. The smallest absolute Gasteiger partial charge is 0.339 e. The van der Waals surface area contributed by atoms with Crippen LogP contribution in [0.3, 0.4) is 0 Å². The van der Waals surface area contributed by atoms with E-state index in [4.69, 9.17) is 15.5 Å². The summed E-state index contributed by atoms with van der Waals surface area (Å²) in [6.45, 7) is 0. The van der Waals surface area contributed by atoms with Gasteiger partial charge in [0, 0.05) is 5.39 Å². The summed E-state index contributed by atoms with van der Waals surface area (Å²) in [4.78, 5) is 21.9. The maximum Gasteiger partial charge on any atom is 0.339 e. The molecule has 2 N–H and O–H groups in total. The molecule has 0 bridgehead atoms. The largest absolute Gasteiger partial charge is 0.478 e. The summed E-state index contributed by atoms with van der Waals surface area (Å²) in [6, 6.07) is 6.85. The highest BCUT2D eigenvalue weighted by atomic mass is 16.5. The third kappa shape index (κ3) is 2.17. The Balaban J connectivity index is 2.76. The molecule has 0 aromatic heterocycles. The number of ether oxygens (including phenoxy) is 1. The average Bonchev–Trinajstić information content (AvgIpc) is 2.38. The van der Waals surface area contributed by atoms with Crippen LogP contribution in [-0.2, 0) is 0 Å². The van der Waals surface area contributed by atoms with Crippen molar-refractivity contribution in [1.82, 2.24) is 0 Å². The first-order chi connectivity index (χ1) is 9.04. The van der Waals surface area contributed by atoms with E-state index in [1.54, 1.807) is 0 Å². The van der Waals surface area contributed by atoms with Crippen molar-refractivity contribution in [1.29, 1.82) is 5.26 Å². The van der Waals surface area contributed by atoms with Crippen molar-refractivity contribution >= 4 is 22.7 Å². The fourth-order valence-electron chi connectivity index (χ4n) is 1.76. The Morgan fingerprint density at radius 1 is 1.11 bits per heavy atom. The van der Waals surface area contributed by atoms with Gasteiger partial charge in [-0.25, -0.2) is 9.59 Å². The zero-order chi connectivity index (χ0) is 14.0. The van der Waals surface area contributed by atoms with E-state index < -0.39 is 11.9 Å². The fourth-order valence-corrected chi connectivity index (χ4v) is 1.76. The van der Waals surface area contributed by atoms with Gasteiger partial charge >= 0.3 is 11.9 Å². The second-order valence-corrected chi connectivity index (χ2v) is 3.68. The zero-order valence-electron chi connectivity index (χ0n) is 9.45. The van der Waals surface area contributed by atoms with E-state index in [9.17, 15) is 9.59 Å². The molecule has 6 heteroatoms. The van der Waals surface area contributed by atoms with Crippen LogP contribution < -0.4 is 4.74 Å². The molecular weight excluding hydrogens is 250 g/mol. The fraction of sp³-hybridized carbons (Fsp3) is 0. The molecule has 2 aromatic carbocycles. The van der Waals surface area contributed by atoms with Gasteiger partial charge in [-0.2, -0.15) is 0 Å². The molecular formula is C13H7NO5. The number of carbonyl (C=O) groups is 2. The Bertz CT molecular complexity index is 730. The molecule has 0 aliphatic rings. The van der Waals surface area contributed by atoms with Gasteiger partial charge in [0.2, 0.25) is 0 Å². The van der Waals surface area contributed by atoms with Gasteiger partial charge in [-0.15, -0.1) is 5.26 Å². The van der Waals surface area contributed by atoms with Crippen LogP contribution in [0.2, 0.25) is 0 Å². The number of nitriles is 1. The molecule has 2 rings (SSSR count). The van der Waals surface area contributed by atoms with Crippen LogP contribution in [0.25, 0.3) is 10.8 Å². The van der Waals surface area contributed by atoms with E-state index in [0.717, 1.165) is 0 Å². The molecule has 0 amide bonds. The minimum atomic E-state index is -1.23. The number of benzene rings is 2. The molecule has 6 nitrogen and oxygen atoms in total. The van der Waals surface area contributed by atoms with Crippen LogP contribution in [-0.4, -0.2) is 22.2 Å². The Labute approximate surface area is 107 Å². The van der Waals surface area contributed by atoms with Crippen LogP contribution >= 0.6 is 0 Å². The van der Waals surface area contributed by atoms with Gasteiger partial charge in [-0.1, -0.05) is 6.07 Å². The van der Waals surface area contributed by atoms with Crippen molar-refractivity contribution < 1.29 is 24.5 Å². The lowest BCUT2D eigenvalue weighted by Crippen LogP contribution is -2.01. The molecule has 0 heterocycles. The van der Waals surface area contributed by atoms with E-state index in [2.05, 4.69) is 4.74 Å². The van der Waals surface area contributed by atoms with Crippen LogP contribution in [0, 0.1) is 11.5 Å². The quantitative estimate of drug-likeness (QED) is 0.815. The van der Waals surface area contributed by atoms with Crippen molar-refractivity contribution in [2.75, 3.05) is 0 Å². The van der Waals surface area contributed by atoms with Gasteiger partial charge in [-0.3, -0.25) is 0 Å². The van der Waals surface area contributed by atoms with E-state index >= 15 is 0 Å². The Morgan fingerprint density at radius 3 is 2.42 bits per heavy atom. The third-order valence-corrected chi connectivity index (χ3v) is 2.60. The lowest BCUT2D eigenvalue weighted by Gasteiger charge is -2.07. The van der Waals surface area contributed by atoms with Crippen LogP contribution in [0.4, 0.5) is 0 Å². The van der Waals surface area contributed by atoms with Crippen LogP contribution in [0.1, 0.15) is 20.7 Å². The first-order valence-electron chi connectivity index (χ1n) is 5.14. The molecule has 0 aliphatic heterocycles. The number of carboxylic acids is 2. The van der Waals surface area contributed by atoms with E-state index in [-0.39, 0.29) is 16.9 Å². The maximum absolute atomic E-state index is 11.0. The summed E-state index contributed by atoms with van der Waals surface area (Å²) in [5.41, 5.74) is -0.0874. The van der Waals surface area contributed by atoms with Gasteiger partial charge in [0.15, 0.2) is 5.75 Å². The molecule has 2 aromatic rings. The van der Waals surface area contributed by atoms with E-state index in [1.165, 1.54) is 36.6 Å². The SMILES string of the molecule is N#COc1c(C(=O)O)ccc2cc(C(=O)O)ccc12. The third-order valence-electron chi connectivity index (χ3n) is 2.60. The highest BCUT2D eigenvalue weighted by Crippen LogP contribution is 2.30. The van der Waals surface area contributed by atoms with Crippen molar-refractivity contribution in [3.63, 3.8) is 0 Å². The number of hydrogen-bond donors (Lipinski definition) is 2. The topological polar surface area (TPSA) is 108 Å². The molecule has 0 saturated carbocycles. The molecule has 0 aliphatic carbocycles. The molecule has 0 unspecified atom stereocenters. The summed E-state index contributed by atoms with van der Waals surface area (Å²) in [6.07, 6.45) is 1.43. The second kappa shape index (κ2) is 4.66. The predicted octanol–water partition coefficient (Wildman–Crippen LogP) is 2.10. The summed E-state index contributed by atoms with van der Waals surface area (Å²) in [5, 5.41) is 27.3. The number of hydrogen-bond acceptors (Lipinski definition) is 4. The van der Waals surface area contributed by atoms with Gasteiger partial charge in [0.25, 0.3) is 6.26 Å². The Kier molecular flexibility index (Phi) is 3.04. The molecule has 0 atom stereocenters. The van der Waals surface area contributed by atoms with Gasteiger partial charge < -0.3 is 14.9 Å². The maximum atomic E-state index is 11.0. The van der Waals surface area contributed by atoms with Crippen molar-refractivity contribution in [3.8, 4) is 12.0 Å². The van der Waals surface area contributed by atoms with Gasteiger partial charge in [0.05, 0.1) is 5.56 Å².